The van der Waals surface area contributed by atoms with E-state index in [0.29, 0.717) is 19.4 Å². The molecule has 3 rings (SSSR count). The number of nitrogen functional groups attached to an aromatic ring is 1. The van der Waals surface area contributed by atoms with E-state index in [4.69, 9.17) is 11.5 Å². The summed E-state index contributed by atoms with van der Waals surface area (Å²) < 4.78 is 39.6. The van der Waals surface area contributed by atoms with Gasteiger partial charge in [0.05, 0.1) is 5.56 Å². The second kappa shape index (κ2) is 9.28. The maximum absolute atomic E-state index is 13.2. The van der Waals surface area contributed by atoms with Gasteiger partial charge in [-0.1, -0.05) is 43.5 Å². The van der Waals surface area contributed by atoms with E-state index in [1.807, 2.05) is 24.3 Å². The highest BCUT2D eigenvalue weighted by atomic mass is 19.4. The van der Waals surface area contributed by atoms with Gasteiger partial charge in [0.2, 0.25) is 0 Å². The van der Waals surface area contributed by atoms with Crippen molar-refractivity contribution in [3.8, 4) is 0 Å². The normalized spacial score (nSPS) is 17.2. The summed E-state index contributed by atoms with van der Waals surface area (Å²) in [5, 5.41) is 14.1. The Morgan fingerprint density at radius 3 is 2.39 bits per heavy atom. The molecule has 168 valence electrons. The van der Waals surface area contributed by atoms with Crippen molar-refractivity contribution in [3.63, 3.8) is 0 Å². The molecule has 5 nitrogen and oxygen atoms in total. The van der Waals surface area contributed by atoms with Gasteiger partial charge in [0, 0.05) is 24.3 Å². The summed E-state index contributed by atoms with van der Waals surface area (Å²) in [6, 6.07) is 10.5. The van der Waals surface area contributed by atoms with Crippen molar-refractivity contribution in [1.29, 1.82) is 0 Å². The highest BCUT2D eigenvalue weighted by molar-refractivity contribution is 5.98. The fourth-order valence-corrected chi connectivity index (χ4v) is 4.29. The maximum Gasteiger partial charge on any atom is 0.418 e. The second-order valence-electron chi connectivity index (χ2n) is 8.21. The molecule has 0 bridgehead atoms. The minimum absolute atomic E-state index is 0.0540. The third-order valence-electron chi connectivity index (χ3n) is 5.99. The van der Waals surface area contributed by atoms with E-state index in [1.54, 1.807) is 0 Å². The van der Waals surface area contributed by atoms with Crippen LogP contribution in [0.5, 0.6) is 0 Å². The van der Waals surface area contributed by atoms with Crippen molar-refractivity contribution in [2.75, 3.05) is 11.1 Å². The highest BCUT2D eigenvalue weighted by Gasteiger charge is 2.44. The molecular weight excluding hydrogens is 407 g/mol. The molecule has 0 aliphatic heterocycles. The molecule has 1 atom stereocenters. The van der Waals surface area contributed by atoms with Gasteiger partial charge in [-0.25, -0.2) is 0 Å². The van der Waals surface area contributed by atoms with Crippen LogP contribution in [-0.2, 0) is 23.9 Å². The van der Waals surface area contributed by atoms with Crippen molar-refractivity contribution in [3.05, 3.63) is 59.2 Å². The fraction of sp³-hybridized carbons (Fsp3) is 0.435. The molecular formula is C23H28F3N3O2. The summed E-state index contributed by atoms with van der Waals surface area (Å²) in [7, 11) is 0. The van der Waals surface area contributed by atoms with Gasteiger partial charge >= 0.3 is 6.18 Å². The van der Waals surface area contributed by atoms with Crippen molar-refractivity contribution in [2.45, 2.75) is 56.8 Å². The van der Waals surface area contributed by atoms with Crippen LogP contribution in [0.1, 0.15) is 48.8 Å². The highest BCUT2D eigenvalue weighted by Crippen LogP contribution is 2.38. The smallest absolute Gasteiger partial charge is 0.398 e. The van der Waals surface area contributed by atoms with Gasteiger partial charge in [-0.2, -0.15) is 13.2 Å². The molecule has 1 amide bonds. The van der Waals surface area contributed by atoms with E-state index in [9.17, 15) is 23.1 Å². The zero-order valence-corrected chi connectivity index (χ0v) is 17.2. The van der Waals surface area contributed by atoms with Gasteiger partial charge in [-0.3, -0.25) is 4.79 Å². The molecule has 0 aromatic heterocycles. The Morgan fingerprint density at radius 1 is 1.06 bits per heavy atom. The SMILES string of the molecule is NCc1cccc(CC(O)(C(=O)Nc2ccc(N)c(C(F)(F)F)c2)C2CCCCC2)c1. The van der Waals surface area contributed by atoms with E-state index in [-0.39, 0.29) is 18.0 Å². The lowest BCUT2D eigenvalue weighted by Crippen LogP contribution is -2.51. The number of anilines is 2. The molecule has 8 heteroatoms. The lowest BCUT2D eigenvalue weighted by molar-refractivity contribution is -0.142. The number of benzene rings is 2. The molecule has 1 aliphatic carbocycles. The molecule has 1 aliphatic rings. The number of aliphatic hydroxyl groups is 1. The monoisotopic (exact) mass is 435 g/mol. The van der Waals surface area contributed by atoms with Crippen LogP contribution < -0.4 is 16.8 Å². The molecule has 0 spiro atoms. The topological polar surface area (TPSA) is 101 Å². The number of nitrogens with two attached hydrogens (primary N) is 2. The summed E-state index contributed by atoms with van der Waals surface area (Å²) in [6.45, 7) is 0.327. The van der Waals surface area contributed by atoms with Crippen LogP contribution in [-0.4, -0.2) is 16.6 Å². The fourth-order valence-electron chi connectivity index (χ4n) is 4.29. The van der Waals surface area contributed by atoms with Crippen LogP contribution >= 0.6 is 0 Å². The number of carbonyl (C=O) groups excluding carboxylic acids is 1. The van der Waals surface area contributed by atoms with Crippen molar-refractivity contribution in [1.82, 2.24) is 0 Å². The Labute approximate surface area is 179 Å². The Kier molecular flexibility index (Phi) is 6.91. The molecule has 0 saturated heterocycles. The van der Waals surface area contributed by atoms with Gasteiger partial charge in [-0.05, 0) is 48.1 Å². The molecule has 1 fully saturated rings. The number of halogens is 3. The van der Waals surface area contributed by atoms with Gasteiger partial charge in [0.25, 0.3) is 5.91 Å². The molecule has 1 unspecified atom stereocenters. The third-order valence-corrected chi connectivity index (χ3v) is 5.99. The molecule has 31 heavy (non-hydrogen) atoms. The molecule has 1 saturated carbocycles. The van der Waals surface area contributed by atoms with Gasteiger partial charge in [-0.15, -0.1) is 0 Å². The number of hydrogen-bond donors (Lipinski definition) is 4. The van der Waals surface area contributed by atoms with Gasteiger partial charge in [0.15, 0.2) is 0 Å². The minimum atomic E-state index is -4.65. The lowest BCUT2D eigenvalue weighted by atomic mass is 9.73. The number of alkyl halides is 3. The van der Waals surface area contributed by atoms with E-state index in [2.05, 4.69) is 5.32 Å². The summed E-state index contributed by atoms with van der Waals surface area (Å²) in [5.74, 6) is -1.01. The Bertz CT molecular complexity index is 927. The van der Waals surface area contributed by atoms with Crippen LogP contribution in [0.3, 0.4) is 0 Å². The summed E-state index contributed by atoms with van der Waals surface area (Å²) >= 11 is 0. The zero-order chi connectivity index (χ0) is 22.6. The maximum atomic E-state index is 13.2. The molecule has 6 N–H and O–H groups in total. The first-order valence-corrected chi connectivity index (χ1v) is 10.4. The Balaban J connectivity index is 1.91. The quantitative estimate of drug-likeness (QED) is 0.510. The average molecular weight is 435 g/mol. The number of carbonyl (C=O) groups is 1. The van der Waals surface area contributed by atoms with Crippen LogP contribution in [0, 0.1) is 5.92 Å². The van der Waals surface area contributed by atoms with E-state index in [1.165, 1.54) is 6.07 Å². The Hall–Kier alpha value is -2.58. The number of nitrogens with one attached hydrogen (secondary N) is 1. The van der Waals surface area contributed by atoms with Crippen LogP contribution in [0.2, 0.25) is 0 Å². The van der Waals surface area contributed by atoms with Crippen molar-refractivity contribution in [2.24, 2.45) is 11.7 Å². The first-order valence-electron chi connectivity index (χ1n) is 10.4. The summed E-state index contributed by atoms with van der Waals surface area (Å²) in [5.41, 5.74) is 9.51. The van der Waals surface area contributed by atoms with E-state index < -0.39 is 28.9 Å². The van der Waals surface area contributed by atoms with Gasteiger partial charge < -0.3 is 21.9 Å². The number of amides is 1. The Morgan fingerprint density at radius 2 is 1.74 bits per heavy atom. The average Bonchev–Trinajstić information content (AvgIpc) is 2.75. The van der Waals surface area contributed by atoms with Crippen molar-refractivity contribution >= 4 is 17.3 Å². The standard InChI is InChI=1S/C23H28F3N3O2/c24-23(25,26)19-12-18(9-10-20(19)28)29-21(30)22(31,17-7-2-1-3-8-17)13-15-5-4-6-16(11-15)14-27/h4-6,9-12,17,31H,1-3,7-8,13-14,27-28H2,(H,29,30). The van der Waals surface area contributed by atoms with Crippen LogP contribution in [0.15, 0.2) is 42.5 Å². The predicted octanol–water partition coefficient (Wildman–Crippen LogP) is 4.24. The third kappa shape index (κ3) is 5.37. The molecule has 0 radical (unpaired) electrons. The molecule has 2 aromatic rings. The van der Waals surface area contributed by atoms with E-state index in [0.717, 1.165) is 42.5 Å². The van der Waals surface area contributed by atoms with Crippen LogP contribution in [0.4, 0.5) is 24.5 Å². The van der Waals surface area contributed by atoms with Gasteiger partial charge in [0.1, 0.15) is 5.60 Å². The summed E-state index contributed by atoms with van der Waals surface area (Å²) in [6.07, 6.45) is -0.423. The first-order chi connectivity index (χ1) is 14.6. The molecule has 2 aromatic carbocycles. The van der Waals surface area contributed by atoms with E-state index >= 15 is 0 Å². The van der Waals surface area contributed by atoms with Crippen LogP contribution in [0.25, 0.3) is 0 Å². The summed E-state index contributed by atoms with van der Waals surface area (Å²) in [4.78, 5) is 13.2. The zero-order valence-electron chi connectivity index (χ0n) is 17.2. The second-order valence-corrected chi connectivity index (χ2v) is 8.21. The number of hydrogen-bond acceptors (Lipinski definition) is 4. The number of rotatable bonds is 6. The predicted molar refractivity (Wildman–Crippen MR) is 114 cm³/mol. The largest absolute Gasteiger partial charge is 0.418 e. The minimum Gasteiger partial charge on any atom is -0.398 e. The molecule has 0 heterocycles. The van der Waals surface area contributed by atoms with Crippen molar-refractivity contribution < 1.29 is 23.1 Å². The first kappa shape index (κ1) is 23.1. The lowest BCUT2D eigenvalue weighted by Gasteiger charge is -2.37.